The lowest BCUT2D eigenvalue weighted by molar-refractivity contribution is 0.0555. The summed E-state index contributed by atoms with van der Waals surface area (Å²) in [5, 5.41) is 13.3. The van der Waals surface area contributed by atoms with Crippen molar-refractivity contribution in [3.05, 3.63) is 335 Å². The molecular weight excluding hydrogens is 1300 g/mol. The smallest absolute Gasteiger partial charge is 0.195 e. The number of benzene rings is 5. The van der Waals surface area contributed by atoms with E-state index in [-0.39, 0.29) is 23.1 Å². The molecule has 10 aliphatic rings. The highest BCUT2D eigenvalue weighted by Gasteiger charge is 2.39. The number of carbonyl (C=O) groups is 4. The number of aromatic nitrogens is 6. The van der Waals surface area contributed by atoms with E-state index in [4.69, 9.17) is 4.74 Å². The Morgan fingerprint density at radius 3 is 1.35 bits per heavy atom. The number of likely N-dealkylation sites (N-methyl/N-ethyl adjacent to an activating group) is 3. The normalized spacial score (nSPS) is 17.2. The van der Waals surface area contributed by atoms with Gasteiger partial charge in [0.15, 0.2) is 23.1 Å². The molecule has 1 saturated heterocycles. The lowest BCUT2D eigenvalue weighted by atomic mass is 9.78. The molecule has 0 N–H and O–H groups in total. The Bertz CT molecular complexity index is 5540. The number of para-hydroxylation sites is 1. The first-order valence-corrected chi connectivity index (χ1v) is 35.8. The van der Waals surface area contributed by atoms with Crippen LogP contribution in [0.1, 0.15) is 119 Å². The van der Waals surface area contributed by atoms with Crippen molar-refractivity contribution in [2.75, 3.05) is 74.1 Å². The molecule has 0 radical (unpaired) electrons. The molecule has 2 aliphatic heterocycles. The molecule has 3 aromatic heterocycles. The van der Waals surface area contributed by atoms with Gasteiger partial charge in [0, 0.05) is 182 Å². The van der Waals surface area contributed by atoms with Gasteiger partial charge < -0.3 is 24.3 Å². The molecule has 105 heavy (non-hydrogen) atoms. The Morgan fingerprint density at radius 1 is 0.438 bits per heavy atom. The van der Waals surface area contributed by atoms with Crippen LogP contribution in [-0.4, -0.2) is 152 Å². The van der Waals surface area contributed by atoms with Gasteiger partial charge in [0.25, 0.3) is 0 Å². The minimum atomic E-state index is 0.0553. The maximum Gasteiger partial charge on any atom is 0.195 e. The Hall–Kier alpha value is -12.1. The van der Waals surface area contributed by atoms with E-state index in [9.17, 15) is 19.2 Å². The summed E-state index contributed by atoms with van der Waals surface area (Å²) in [5.74, 6) is 0.320. The third kappa shape index (κ3) is 12.2. The zero-order chi connectivity index (χ0) is 73.2. The van der Waals surface area contributed by atoms with E-state index < -0.39 is 0 Å². The second kappa shape index (κ2) is 27.9. The minimum absolute atomic E-state index is 0.0553. The molecule has 0 amide bonds. The average molecular weight is 1390 g/mol. The molecule has 5 heterocycles. The van der Waals surface area contributed by atoms with E-state index in [1.807, 2.05) is 208 Å². The van der Waals surface area contributed by atoms with Crippen molar-refractivity contribution in [1.82, 2.24) is 48.9 Å². The number of morpholine rings is 1. The van der Waals surface area contributed by atoms with E-state index in [1.165, 1.54) is 17.0 Å². The topological polar surface area (TPSA) is 156 Å². The monoisotopic (exact) mass is 1390 g/mol. The summed E-state index contributed by atoms with van der Waals surface area (Å²) >= 11 is 0. The molecule has 16 heteroatoms. The van der Waals surface area contributed by atoms with Crippen molar-refractivity contribution in [2.24, 2.45) is 19.1 Å². The van der Waals surface area contributed by atoms with Gasteiger partial charge in [-0.1, -0.05) is 115 Å². The van der Waals surface area contributed by atoms with Crippen molar-refractivity contribution in [3.8, 4) is 5.69 Å². The molecule has 0 spiro atoms. The fourth-order valence-electron chi connectivity index (χ4n) is 15.7. The lowest BCUT2D eigenvalue weighted by Crippen LogP contribution is -2.34. The summed E-state index contributed by atoms with van der Waals surface area (Å²) in [5.41, 5.74) is 31.9. The summed E-state index contributed by atoms with van der Waals surface area (Å²) in [6.07, 6.45) is 24.8. The molecule has 16 nitrogen and oxygen atoms in total. The average Bonchev–Trinajstić information content (AvgIpc) is 1.64. The number of carbonyl (C=O) groups excluding carboxylic acids is 4. The van der Waals surface area contributed by atoms with Gasteiger partial charge in [-0.3, -0.25) is 33.5 Å². The van der Waals surface area contributed by atoms with Crippen LogP contribution in [0.3, 0.4) is 0 Å². The zero-order valence-corrected chi connectivity index (χ0v) is 61.5. The predicted octanol–water partition coefficient (Wildman–Crippen LogP) is 15.2. The molecule has 18 rings (SSSR count). The SMILES string of the molecule is CC1=NCC(C)=C1C1=C2C=C(N3CCOCC3)C=C2c2ccccc2C1=O.CCN(CC)C1=CC2=C(c3cnn(C)c3)C(=O)c3ccccc3C2=C1.Cc1c(C2=C3C=C(N(C)C)C=C3c3ccccc3C2=O)cnn1-c1ccccc1.Cc1nn(C)cc1C1=C2C=C(N(C)C)C=C2c2ccccc2C1=O. The molecule has 0 atom stereocenters. The summed E-state index contributed by atoms with van der Waals surface area (Å²) < 4.78 is 10.9. The number of nitrogens with zero attached hydrogens (tertiary/aromatic N) is 11. The van der Waals surface area contributed by atoms with Gasteiger partial charge in [-0.25, -0.2) is 4.68 Å². The van der Waals surface area contributed by atoms with Crippen molar-refractivity contribution in [1.29, 1.82) is 0 Å². The maximum absolute atomic E-state index is 13.6. The number of allylic oxidation sites excluding steroid dienone is 21. The van der Waals surface area contributed by atoms with E-state index in [0.717, 1.165) is 207 Å². The molecule has 8 aliphatic carbocycles. The number of hydrogen-bond donors (Lipinski definition) is 0. The number of ether oxygens (including phenoxy) is 1. The number of hydrogen-bond acceptors (Lipinski definition) is 13. The number of Topliss-reactive ketones (excluding diaryl/α,β-unsaturated/α-hetero) is 4. The van der Waals surface area contributed by atoms with Crippen LogP contribution < -0.4 is 0 Å². The van der Waals surface area contributed by atoms with Crippen LogP contribution in [0, 0.1) is 13.8 Å². The quantitative estimate of drug-likeness (QED) is 0.121. The van der Waals surface area contributed by atoms with E-state index in [0.29, 0.717) is 6.54 Å². The van der Waals surface area contributed by atoms with Gasteiger partial charge in [-0.15, -0.1) is 0 Å². The van der Waals surface area contributed by atoms with E-state index in [2.05, 4.69) is 115 Å². The zero-order valence-electron chi connectivity index (χ0n) is 61.5. The summed E-state index contributed by atoms with van der Waals surface area (Å²) in [4.78, 5) is 66.9. The van der Waals surface area contributed by atoms with Crippen molar-refractivity contribution >= 4 is 67.9 Å². The van der Waals surface area contributed by atoms with Crippen LogP contribution in [0.5, 0.6) is 0 Å². The van der Waals surface area contributed by atoms with Crippen LogP contribution in [0.25, 0.3) is 44.7 Å². The number of aliphatic imine (C=N–C) groups is 1. The summed E-state index contributed by atoms with van der Waals surface area (Å²) in [7, 11) is 11.8. The second-order valence-corrected chi connectivity index (χ2v) is 27.9. The molecule has 1 fully saturated rings. The Labute approximate surface area is 613 Å². The molecule has 524 valence electrons. The van der Waals surface area contributed by atoms with Gasteiger partial charge >= 0.3 is 0 Å². The Balaban J connectivity index is 0.000000113. The molecular formula is C89H83N11O5. The van der Waals surface area contributed by atoms with Crippen LogP contribution >= 0.6 is 0 Å². The highest BCUT2D eigenvalue weighted by atomic mass is 16.5. The van der Waals surface area contributed by atoms with Crippen LogP contribution in [-0.2, 0) is 18.8 Å². The van der Waals surface area contributed by atoms with Crippen LogP contribution in [0.15, 0.2) is 268 Å². The largest absolute Gasteiger partial charge is 0.378 e. The van der Waals surface area contributed by atoms with Gasteiger partial charge in [0.1, 0.15) is 0 Å². The number of fused-ring (bicyclic) bond motifs is 12. The minimum Gasteiger partial charge on any atom is -0.378 e. The first-order chi connectivity index (χ1) is 50.8. The number of ketones is 4. The van der Waals surface area contributed by atoms with Crippen LogP contribution in [0.2, 0.25) is 0 Å². The Kier molecular flexibility index (Phi) is 18.2. The molecule has 8 aromatic rings. The lowest BCUT2D eigenvalue weighted by Gasteiger charge is -2.28. The van der Waals surface area contributed by atoms with E-state index >= 15 is 0 Å². The van der Waals surface area contributed by atoms with Crippen LogP contribution in [0.4, 0.5) is 0 Å². The highest BCUT2D eigenvalue weighted by molar-refractivity contribution is 6.38. The van der Waals surface area contributed by atoms with Gasteiger partial charge in [0.2, 0.25) is 0 Å². The predicted molar refractivity (Wildman–Crippen MR) is 418 cm³/mol. The van der Waals surface area contributed by atoms with E-state index in [1.54, 1.807) is 15.6 Å². The third-order valence-electron chi connectivity index (χ3n) is 21.0. The van der Waals surface area contributed by atoms with Crippen molar-refractivity contribution < 1.29 is 23.9 Å². The van der Waals surface area contributed by atoms with Crippen molar-refractivity contribution in [2.45, 2.75) is 41.5 Å². The van der Waals surface area contributed by atoms with Gasteiger partial charge in [0.05, 0.1) is 43.5 Å². The first kappa shape index (κ1) is 68.6. The molecule has 5 aromatic carbocycles. The first-order valence-electron chi connectivity index (χ1n) is 35.8. The van der Waals surface area contributed by atoms with Gasteiger partial charge in [-0.05, 0) is 175 Å². The molecule has 0 bridgehead atoms. The standard InChI is InChI=1S/C25H21N3O.C23H22N2O2.C21H21N3O.C20H19N3O/c1-16-23(15-26-28(16)17-9-5-4-6-10-17)24-22-14-18(27(2)3)13-21(22)19-11-7-8-12-20(19)25(24)29;1-14-13-24-15(2)21(14)22-20-12-16(25-7-9-27-10-8-25)11-19(20)17-5-3-4-6-18(17)23(22)26;1-4-24(5-2)15-10-18-16-8-6-7-9-17(16)21(25)20(19(18)11-15)14-12-22-23(3)13-14;1-12-18(11-23(4)21-12)19-17-10-13(22(2)3)9-16(17)14-7-5-6-8-15(14)20(19)24/h4-15H,1-3H3;3-6,11-12H,7-10,13H2,1-2H3;6-13H,4-5H2,1-3H3;5-11H,1-4H3. The highest BCUT2D eigenvalue weighted by Crippen LogP contribution is 2.50. The Morgan fingerprint density at radius 2 is 0.886 bits per heavy atom. The molecule has 0 saturated carbocycles. The second-order valence-electron chi connectivity index (χ2n) is 27.9. The fraction of sp³-hybridized carbons (Fsp3) is 0.213. The number of rotatable bonds is 11. The van der Waals surface area contributed by atoms with Gasteiger partial charge in [-0.2, -0.15) is 15.3 Å². The summed E-state index contributed by atoms with van der Waals surface area (Å²) in [6, 6.07) is 41.5. The third-order valence-corrected chi connectivity index (χ3v) is 21.0. The van der Waals surface area contributed by atoms with Crippen molar-refractivity contribution in [3.63, 3.8) is 0 Å². The summed E-state index contributed by atoms with van der Waals surface area (Å²) in [6.45, 7) is 18.2. The number of aryl methyl sites for hydroxylation is 3. The fourth-order valence-corrected chi connectivity index (χ4v) is 15.7. The maximum atomic E-state index is 13.6. The molecule has 0 unspecified atom stereocenters.